The van der Waals surface area contributed by atoms with Crippen LogP contribution in [0, 0.1) is 11.8 Å². The van der Waals surface area contributed by atoms with E-state index in [1.54, 1.807) is 32.0 Å². The molecule has 0 radical (unpaired) electrons. The van der Waals surface area contributed by atoms with E-state index in [-0.39, 0.29) is 34.1 Å². The minimum atomic E-state index is -3.76. The van der Waals surface area contributed by atoms with Crippen LogP contribution in [0.5, 0.6) is 0 Å². The van der Waals surface area contributed by atoms with Gasteiger partial charge in [-0.25, -0.2) is 8.42 Å². The molecule has 1 aromatic heterocycles. The molecule has 7 nitrogen and oxygen atoms in total. The van der Waals surface area contributed by atoms with Crippen LogP contribution in [0.4, 0.5) is 5.69 Å². The van der Waals surface area contributed by atoms with Crippen molar-refractivity contribution < 1.29 is 13.2 Å². The predicted octanol–water partition coefficient (Wildman–Crippen LogP) is 2.72. The summed E-state index contributed by atoms with van der Waals surface area (Å²) in [6.45, 7) is 1.91. The lowest BCUT2D eigenvalue weighted by Crippen LogP contribution is -2.49. The summed E-state index contributed by atoms with van der Waals surface area (Å²) >= 11 is 3.49. The van der Waals surface area contributed by atoms with Gasteiger partial charge in [-0.1, -0.05) is 6.07 Å². The molecule has 2 unspecified atom stereocenters. The van der Waals surface area contributed by atoms with Crippen molar-refractivity contribution in [2.24, 2.45) is 11.8 Å². The molecule has 4 aliphatic rings. The van der Waals surface area contributed by atoms with E-state index >= 15 is 0 Å². The number of aromatic nitrogens is 1. The summed E-state index contributed by atoms with van der Waals surface area (Å²) < 4.78 is 31.4. The van der Waals surface area contributed by atoms with Gasteiger partial charge in [-0.15, -0.1) is 0 Å². The normalized spacial score (nSPS) is 24.8. The quantitative estimate of drug-likeness (QED) is 0.626. The maximum Gasteiger partial charge on any atom is 0.250 e. The number of rotatable bonds is 3. The highest BCUT2D eigenvalue weighted by Crippen LogP contribution is 2.42. The highest BCUT2D eigenvalue weighted by molar-refractivity contribution is 9.10. The van der Waals surface area contributed by atoms with Crippen LogP contribution in [0.1, 0.15) is 36.4 Å². The number of fused-ring (bicyclic) bond motifs is 5. The Morgan fingerprint density at radius 1 is 1.09 bits per heavy atom. The van der Waals surface area contributed by atoms with Gasteiger partial charge in [-0.3, -0.25) is 9.59 Å². The van der Waals surface area contributed by atoms with E-state index in [0.29, 0.717) is 30.7 Å². The van der Waals surface area contributed by atoms with Crippen molar-refractivity contribution in [3.8, 4) is 0 Å². The van der Waals surface area contributed by atoms with Crippen molar-refractivity contribution in [3.05, 3.63) is 56.4 Å². The lowest BCUT2D eigenvalue weighted by atomic mass is 9.84. The Morgan fingerprint density at radius 2 is 1.91 bits per heavy atom. The van der Waals surface area contributed by atoms with Gasteiger partial charge in [0.1, 0.15) is 0 Å². The highest BCUT2D eigenvalue weighted by Gasteiger charge is 2.41. The number of sulfonamides is 1. The molecule has 32 heavy (non-hydrogen) atoms. The van der Waals surface area contributed by atoms with Crippen LogP contribution >= 0.6 is 15.9 Å². The van der Waals surface area contributed by atoms with E-state index in [2.05, 4.69) is 15.9 Å². The van der Waals surface area contributed by atoms with Crippen LogP contribution in [-0.4, -0.2) is 42.8 Å². The third kappa shape index (κ3) is 3.20. The van der Waals surface area contributed by atoms with E-state index in [1.165, 1.54) is 0 Å². The Balaban J connectivity index is 1.35. The van der Waals surface area contributed by atoms with Gasteiger partial charge >= 0.3 is 0 Å². The number of hydrogen-bond donors (Lipinski definition) is 0. The second kappa shape index (κ2) is 7.27. The molecule has 1 saturated carbocycles. The fraction of sp³-hybridized carbons (Fsp3) is 0.478. The van der Waals surface area contributed by atoms with Crippen LogP contribution in [-0.2, 0) is 27.8 Å². The summed E-state index contributed by atoms with van der Waals surface area (Å²) in [5, 5.41) is 0. The van der Waals surface area contributed by atoms with Crippen molar-refractivity contribution >= 4 is 37.5 Å². The number of pyridine rings is 1. The van der Waals surface area contributed by atoms with Crippen molar-refractivity contribution in [2.45, 2.75) is 43.0 Å². The van der Waals surface area contributed by atoms with Gasteiger partial charge in [0.05, 0.1) is 4.90 Å². The predicted molar refractivity (Wildman–Crippen MR) is 123 cm³/mol. The largest absolute Gasteiger partial charge is 0.312 e. The van der Waals surface area contributed by atoms with Gasteiger partial charge < -0.3 is 9.47 Å². The maximum atomic E-state index is 13.8. The molecule has 1 amide bonds. The minimum Gasteiger partial charge on any atom is -0.312 e. The SMILES string of the molecule is O=C(C1CC1)N1CCc2cc(Br)c(S(=O)(=O)N3CC4CC(C3)c3cccc(=O)n3C4)cc21. The van der Waals surface area contributed by atoms with Crippen molar-refractivity contribution in [1.82, 2.24) is 8.87 Å². The topological polar surface area (TPSA) is 79.7 Å². The fourth-order valence-corrected chi connectivity index (χ4v) is 8.19. The Morgan fingerprint density at radius 3 is 2.69 bits per heavy atom. The highest BCUT2D eigenvalue weighted by atomic mass is 79.9. The van der Waals surface area contributed by atoms with Crippen LogP contribution in [0.2, 0.25) is 0 Å². The molecule has 2 aromatic rings. The number of halogens is 1. The summed E-state index contributed by atoms with van der Waals surface area (Å²) in [5.74, 6) is 0.322. The summed E-state index contributed by atoms with van der Waals surface area (Å²) in [6, 6.07) is 8.80. The summed E-state index contributed by atoms with van der Waals surface area (Å²) in [6.07, 6.45) is 3.48. The van der Waals surface area contributed by atoms with Crippen molar-refractivity contribution in [1.29, 1.82) is 0 Å². The smallest absolute Gasteiger partial charge is 0.250 e. The number of benzene rings is 1. The zero-order valence-electron chi connectivity index (χ0n) is 17.5. The molecule has 0 N–H and O–H groups in total. The number of piperidine rings is 1. The van der Waals surface area contributed by atoms with Gasteiger partial charge in [-0.2, -0.15) is 4.31 Å². The van der Waals surface area contributed by atoms with E-state index in [4.69, 9.17) is 0 Å². The second-order valence-electron chi connectivity index (χ2n) is 9.45. The molecule has 4 heterocycles. The first-order valence-corrected chi connectivity index (χ1v) is 13.4. The maximum absolute atomic E-state index is 13.8. The van der Waals surface area contributed by atoms with Gasteiger partial charge in [0, 0.05) is 59.9 Å². The van der Waals surface area contributed by atoms with Gasteiger partial charge in [-0.05, 0) is 71.3 Å². The first-order valence-electron chi connectivity index (χ1n) is 11.2. The summed E-state index contributed by atoms with van der Waals surface area (Å²) in [4.78, 5) is 27.0. The number of carbonyl (C=O) groups is 1. The molecule has 0 spiro atoms. The molecule has 3 aliphatic heterocycles. The average Bonchev–Trinajstić information content (AvgIpc) is 3.53. The molecule has 9 heteroatoms. The van der Waals surface area contributed by atoms with Crippen molar-refractivity contribution in [2.75, 3.05) is 24.5 Å². The van der Waals surface area contributed by atoms with E-state index in [1.807, 2.05) is 12.1 Å². The molecule has 2 atom stereocenters. The van der Waals surface area contributed by atoms with Gasteiger partial charge in [0.25, 0.3) is 5.56 Å². The van der Waals surface area contributed by atoms with Crippen molar-refractivity contribution in [3.63, 3.8) is 0 Å². The number of nitrogens with zero attached hydrogens (tertiary/aromatic N) is 3. The zero-order chi connectivity index (χ0) is 22.2. The van der Waals surface area contributed by atoms with Crippen LogP contribution in [0.25, 0.3) is 0 Å². The molecular formula is C23H24BrN3O4S. The first kappa shape index (κ1) is 20.6. The van der Waals surface area contributed by atoms with Gasteiger partial charge in [0.15, 0.2) is 0 Å². The zero-order valence-corrected chi connectivity index (χ0v) is 19.9. The number of carbonyl (C=O) groups excluding carboxylic acids is 1. The van der Waals surface area contributed by atoms with E-state index in [9.17, 15) is 18.0 Å². The number of anilines is 1. The van der Waals surface area contributed by atoms with Crippen LogP contribution < -0.4 is 10.5 Å². The lowest BCUT2D eigenvalue weighted by molar-refractivity contribution is -0.119. The molecule has 6 rings (SSSR count). The Bertz CT molecular complexity index is 1300. The molecular weight excluding hydrogens is 494 g/mol. The Hall–Kier alpha value is -1.97. The minimum absolute atomic E-state index is 0.00678. The third-order valence-corrected chi connectivity index (χ3v) is 10.1. The first-order chi connectivity index (χ1) is 15.3. The lowest BCUT2D eigenvalue weighted by Gasteiger charge is -2.42. The van der Waals surface area contributed by atoms with Gasteiger partial charge in [0.2, 0.25) is 15.9 Å². The molecule has 1 saturated heterocycles. The molecule has 2 bridgehead atoms. The Labute approximate surface area is 195 Å². The average molecular weight is 518 g/mol. The third-order valence-electron chi connectivity index (χ3n) is 7.29. The fourth-order valence-electron chi connectivity index (χ4n) is 5.55. The second-order valence-corrected chi connectivity index (χ2v) is 12.2. The molecule has 1 aromatic carbocycles. The van der Waals surface area contributed by atoms with E-state index < -0.39 is 10.0 Å². The van der Waals surface area contributed by atoms with E-state index in [0.717, 1.165) is 42.6 Å². The van der Waals surface area contributed by atoms with Crippen LogP contribution in [0.3, 0.4) is 0 Å². The molecule has 2 fully saturated rings. The standard InChI is InChI=1S/C23H24BrN3O4S/c24-18-9-16-6-7-26(23(29)15-4-5-15)20(16)10-21(18)32(30,31)25-11-14-8-17(13-25)19-2-1-3-22(28)27(19)12-14/h1-3,9-10,14-15,17H,4-8,11-13H2. The number of hydrogen-bond acceptors (Lipinski definition) is 4. The summed E-state index contributed by atoms with van der Waals surface area (Å²) in [5.41, 5.74) is 2.64. The molecule has 1 aliphatic carbocycles. The Kier molecular flexibility index (Phi) is 4.68. The summed E-state index contributed by atoms with van der Waals surface area (Å²) in [7, 11) is -3.76. The number of amides is 1. The monoisotopic (exact) mass is 517 g/mol. The molecule has 168 valence electrons. The van der Waals surface area contributed by atoms with Crippen LogP contribution in [0.15, 0.2) is 44.5 Å².